The number of fused-ring (bicyclic) bond motifs is 2. The fourth-order valence-electron chi connectivity index (χ4n) is 3.12. The molecule has 0 unspecified atom stereocenters. The lowest BCUT2D eigenvalue weighted by molar-refractivity contribution is 0.261. The minimum atomic E-state index is 0.563. The fourth-order valence-corrected chi connectivity index (χ4v) is 3.71. The predicted octanol–water partition coefficient (Wildman–Crippen LogP) is 4.86. The van der Waals surface area contributed by atoms with E-state index in [1.165, 1.54) is 0 Å². The van der Waals surface area contributed by atoms with Gasteiger partial charge in [-0.25, -0.2) is 0 Å². The van der Waals surface area contributed by atoms with E-state index in [-0.39, 0.29) is 0 Å². The van der Waals surface area contributed by atoms with Crippen LogP contribution in [0.25, 0.3) is 33.2 Å². The average Bonchev–Trinajstić information content (AvgIpc) is 3.15. The highest BCUT2D eigenvalue weighted by Gasteiger charge is 2.14. The highest BCUT2D eigenvalue weighted by atomic mass is 79.9. The molecule has 2 aromatic carbocycles. The Morgan fingerprint density at radius 3 is 2.74 bits per heavy atom. The molecule has 0 atom stereocenters. The fraction of sp³-hybridized carbons (Fsp3) is 0.200. The number of rotatable bonds is 5. The van der Waals surface area contributed by atoms with Crippen LogP contribution in [0.3, 0.4) is 0 Å². The molecule has 0 saturated carbocycles. The zero-order valence-electron chi connectivity index (χ0n) is 15.1. The third-order valence-electron chi connectivity index (χ3n) is 4.55. The Hall–Kier alpha value is -2.15. The van der Waals surface area contributed by atoms with Crippen LogP contribution >= 0.6 is 27.5 Å². The lowest BCUT2D eigenvalue weighted by Crippen LogP contribution is -2.19. The van der Waals surface area contributed by atoms with Crippen LogP contribution in [0.1, 0.15) is 0 Å². The SMILES string of the molecule is CN(C)CCOc1cc2c(cc1Cl)cc(-c1cc3ccc(Br)cc3[nH]1)n2N. The third-order valence-corrected chi connectivity index (χ3v) is 5.34. The second kappa shape index (κ2) is 7.11. The lowest BCUT2D eigenvalue weighted by atomic mass is 10.2. The number of hydrogen-bond donors (Lipinski definition) is 2. The Morgan fingerprint density at radius 2 is 1.96 bits per heavy atom. The monoisotopic (exact) mass is 446 g/mol. The van der Waals surface area contributed by atoms with Crippen molar-refractivity contribution in [2.45, 2.75) is 0 Å². The molecule has 5 nitrogen and oxygen atoms in total. The number of aromatic nitrogens is 2. The molecule has 0 amide bonds. The largest absolute Gasteiger partial charge is 0.491 e. The molecule has 0 saturated heterocycles. The van der Waals surface area contributed by atoms with Crippen LogP contribution in [0.5, 0.6) is 5.75 Å². The van der Waals surface area contributed by atoms with Gasteiger partial charge in [0.25, 0.3) is 0 Å². The van der Waals surface area contributed by atoms with E-state index < -0.39 is 0 Å². The molecule has 4 aromatic rings. The summed E-state index contributed by atoms with van der Waals surface area (Å²) in [5, 5.41) is 2.68. The van der Waals surface area contributed by atoms with Crippen LogP contribution in [0, 0.1) is 0 Å². The summed E-state index contributed by atoms with van der Waals surface area (Å²) >= 11 is 9.91. The Bertz CT molecular complexity index is 1130. The maximum Gasteiger partial charge on any atom is 0.140 e. The van der Waals surface area contributed by atoms with Crippen LogP contribution < -0.4 is 10.6 Å². The van der Waals surface area contributed by atoms with E-state index in [2.05, 4.69) is 44.0 Å². The first-order valence-electron chi connectivity index (χ1n) is 8.58. The first-order valence-corrected chi connectivity index (χ1v) is 9.76. The zero-order valence-corrected chi connectivity index (χ0v) is 17.4. The van der Waals surface area contributed by atoms with Gasteiger partial charge in [0, 0.05) is 33.4 Å². The van der Waals surface area contributed by atoms with Crippen molar-refractivity contribution in [2.24, 2.45) is 0 Å². The van der Waals surface area contributed by atoms with Gasteiger partial charge < -0.3 is 20.5 Å². The molecule has 0 radical (unpaired) electrons. The van der Waals surface area contributed by atoms with Gasteiger partial charge in [0.15, 0.2) is 0 Å². The number of halogens is 2. The zero-order chi connectivity index (χ0) is 19.1. The van der Waals surface area contributed by atoms with Gasteiger partial charge in [0.1, 0.15) is 12.4 Å². The molecule has 2 aromatic heterocycles. The quantitative estimate of drug-likeness (QED) is 0.430. The molecule has 27 heavy (non-hydrogen) atoms. The number of nitrogens with one attached hydrogen (secondary N) is 1. The summed E-state index contributed by atoms with van der Waals surface area (Å²) in [7, 11) is 4.01. The van der Waals surface area contributed by atoms with Crippen molar-refractivity contribution >= 4 is 49.3 Å². The van der Waals surface area contributed by atoms with E-state index in [0.717, 1.165) is 44.2 Å². The molecule has 0 spiro atoms. The highest BCUT2D eigenvalue weighted by molar-refractivity contribution is 9.10. The molecule has 0 aliphatic carbocycles. The van der Waals surface area contributed by atoms with Crippen LogP contribution in [-0.4, -0.2) is 41.8 Å². The molecule has 4 rings (SSSR count). The number of hydrogen-bond acceptors (Lipinski definition) is 3. The Balaban J connectivity index is 1.74. The van der Waals surface area contributed by atoms with Crippen molar-refractivity contribution in [1.82, 2.24) is 14.6 Å². The topological polar surface area (TPSA) is 59.2 Å². The minimum Gasteiger partial charge on any atom is -0.491 e. The minimum absolute atomic E-state index is 0.563. The van der Waals surface area contributed by atoms with Crippen molar-refractivity contribution in [1.29, 1.82) is 0 Å². The van der Waals surface area contributed by atoms with Crippen LogP contribution in [0.15, 0.2) is 46.9 Å². The van der Waals surface area contributed by atoms with Crippen molar-refractivity contribution in [3.63, 3.8) is 0 Å². The van der Waals surface area contributed by atoms with Crippen molar-refractivity contribution in [3.8, 4) is 17.1 Å². The van der Waals surface area contributed by atoms with Gasteiger partial charge in [-0.3, -0.25) is 4.68 Å². The Kier molecular flexibility index (Phi) is 4.80. The summed E-state index contributed by atoms with van der Waals surface area (Å²) in [5.74, 6) is 7.04. The molecule has 2 heterocycles. The number of ether oxygens (including phenoxy) is 1. The van der Waals surface area contributed by atoms with Gasteiger partial charge in [-0.1, -0.05) is 33.6 Å². The summed E-state index contributed by atoms with van der Waals surface area (Å²) in [4.78, 5) is 5.49. The van der Waals surface area contributed by atoms with E-state index in [4.69, 9.17) is 22.2 Å². The number of likely N-dealkylation sites (N-methyl/N-ethyl adjacent to an activating group) is 1. The summed E-state index contributed by atoms with van der Waals surface area (Å²) in [6.45, 7) is 1.38. The molecule has 3 N–H and O–H groups in total. The standard InChI is InChI=1S/C20H20BrClN4O/c1-25(2)5-6-27-20-11-18-13(7-15(20)22)9-19(26(18)23)17-8-12-3-4-14(21)10-16(12)24-17/h3-4,7-11,24H,5-6,23H2,1-2H3. The van der Waals surface area contributed by atoms with Gasteiger partial charge >= 0.3 is 0 Å². The van der Waals surface area contributed by atoms with Crippen molar-refractivity contribution < 1.29 is 4.74 Å². The van der Waals surface area contributed by atoms with E-state index >= 15 is 0 Å². The van der Waals surface area contributed by atoms with Gasteiger partial charge in [-0.05, 0) is 44.4 Å². The number of aromatic amines is 1. The second-order valence-electron chi connectivity index (χ2n) is 6.81. The Morgan fingerprint density at radius 1 is 1.15 bits per heavy atom. The maximum atomic E-state index is 6.41. The summed E-state index contributed by atoms with van der Waals surface area (Å²) in [6, 6.07) is 14.1. The predicted molar refractivity (Wildman–Crippen MR) is 116 cm³/mol. The summed E-state index contributed by atoms with van der Waals surface area (Å²) in [6.07, 6.45) is 0. The Labute approximate surface area is 170 Å². The summed E-state index contributed by atoms with van der Waals surface area (Å²) in [5.41, 5.74) is 3.76. The molecular formula is C20H20BrClN4O. The number of nitrogens with two attached hydrogens (primary N) is 1. The highest BCUT2D eigenvalue weighted by Crippen LogP contribution is 2.35. The molecule has 140 valence electrons. The number of benzene rings is 2. The first kappa shape index (κ1) is 18.2. The smallest absolute Gasteiger partial charge is 0.140 e. The van der Waals surface area contributed by atoms with Gasteiger partial charge in [0.05, 0.1) is 21.9 Å². The third kappa shape index (κ3) is 3.52. The van der Waals surface area contributed by atoms with Crippen LogP contribution in [0.4, 0.5) is 0 Å². The number of H-pyrrole nitrogens is 1. The molecular weight excluding hydrogens is 428 g/mol. The molecule has 0 aliphatic heterocycles. The molecule has 0 fully saturated rings. The number of nitrogen functional groups attached to an aromatic ring is 1. The number of nitrogens with zero attached hydrogens (tertiary/aromatic N) is 2. The van der Waals surface area contributed by atoms with Gasteiger partial charge in [-0.15, -0.1) is 0 Å². The van der Waals surface area contributed by atoms with E-state index in [1.54, 1.807) is 4.68 Å². The maximum absolute atomic E-state index is 6.41. The second-order valence-corrected chi connectivity index (χ2v) is 8.13. The van der Waals surface area contributed by atoms with Crippen LogP contribution in [0.2, 0.25) is 5.02 Å². The van der Waals surface area contributed by atoms with E-state index in [1.807, 2.05) is 38.4 Å². The van der Waals surface area contributed by atoms with E-state index in [0.29, 0.717) is 17.4 Å². The molecule has 7 heteroatoms. The van der Waals surface area contributed by atoms with Crippen molar-refractivity contribution in [3.05, 3.63) is 52.0 Å². The first-order chi connectivity index (χ1) is 12.9. The molecule has 0 aliphatic rings. The van der Waals surface area contributed by atoms with Crippen molar-refractivity contribution in [2.75, 3.05) is 33.1 Å². The van der Waals surface area contributed by atoms with Crippen LogP contribution in [-0.2, 0) is 0 Å². The average molecular weight is 448 g/mol. The summed E-state index contributed by atoms with van der Waals surface area (Å²) < 4.78 is 8.53. The normalized spacial score (nSPS) is 11.7. The van der Waals surface area contributed by atoms with Gasteiger partial charge in [-0.2, -0.15) is 0 Å². The lowest BCUT2D eigenvalue weighted by Gasteiger charge is -2.12. The molecule has 0 bridgehead atoms. The van der Waals surface area contributed by atoms with Gasteiger partial charge in [0.2, 0.25) is 0 Å². The van der Waals surface area contributed by atoms with E-state index in [9.17, 15) is 0 Å².